The van der Waals surface area contributed by atoms with Crippen LogP contribution in [0.1, 0.15) is 24.0 Å². The smallest absolute Gasteiger partial charge is 0.270 e. The second kappa shape index (κ2) is 8.33. The minimum atomic E-state index is -0.276. The van der Waals surface area contributed by atoms with Crippen molar-refractivity contribution in [1.29, 1.82) is 5.26 Å². The molecule has 0 atom stereocenters. The summed E-state index contributed by atoms with van der Waals surface area (Å²) in [5.41, 5.74) is 2.51. The molecule has 2 heterocycles. The lowest BCUT2D eigenvalue weighted by molar-refractivity contribution is 0.171. The van der Waals surface area contributed by atoms with E-state index >= 15 is 0 Å². The van der Waals surface area contributed by atoms with E-state index in [1.165, 1.54) is 0 Å². The Labute approximate surface area is 188 Å². The first-order valence-corrected chi connectivity index (χ1v) is 11.0. The average Bonchev–Trinajstić information content (AvgIpc) is 2.71. The van der Waals surface area contributed by atoms with E-state index in [0.29, 0.717) is 18.1 Å². The van der Waals surface area contributed by atoms with Crippen LogP contribution in [-0.2, 0) is 7.05 Å². The summed E-state index contributed by atoms with van der Waals surface area (Å²) >= 11 is 9.65. The van der Waals surface area contributed by atoms with Gasteiger partial charge in [0.2, 0.25) is 0 Å². The summed E-state index contributed by atoms with van der Waals surface area (Å²) in [5, 5.41) is 11.3. The van der Waals surface area contributed by atoms with Gasteiger partial charge in [-0.3, -0.25) is 4.79 Å². The second-order valence-corrected chi connectivity index (χ2v) is 8.89. The van der Waals surface area contributed by atoms with Gasteiger partial charge in [-0.2, -0.15) is 5.26 Å². The normalized spacial score (nSPS) is 14.7. The van der Waals surface area contributed by atoms with Crippen molar-refractivity contribution in [2.24, 2.45) is 7.05 Å². The third-order valence-corrected chi connectivity index (χ3v) is 6.36. The lowest BCUT2D eigenvalue weighted by Gasteiger charge is -2.35. The van der Waals surface area contributed by atoms with Crippen LogP contribution in [0.3, 0.4) is 0 Å². The fourth-order valence-electron chi connectivity index (χ4n) is 4.12. The Balaban J connectivity index is 1.68. The highest BCUT2D eigenvalue weighted by Gasteiger charge is 2.27. The van der Waals surface area contributed by atoms with Gasteiger partial charge in [0.05, 0.1) is 11.2 Å². The van der Waals surface area contributed by atoms with Crippen molar-refractivity contribution in [1.82, 2.24) is 4.57 Å². The summed E-state index contributed by atoms with van der Waals surface area (Å²) in [6.07, 6.45) is 1.65. The third kappa shape index (κ3) is 3.80. The van der Waals surface area contributed by atoms with Crippen LogP contribution in [-0.4, -0.2) is 23.8 Å². The van der Waals surface area contributed by atoms with Crippen molar-refractivity contribution in [2.45, 2.75) is 25.9 Å². The Morgan fingerprint density at radius 2 is 1.97 bits per heavy atom. The van der Waals surface area contributed by atoms with Crippen LogP contribution < -0.4 is 15.2 Å². The van der Waals surface area contributed by atoms with Crippen molar-refractivity contribution in [3.63, 3.8) is 0 Å². The molecule has 1 aliphatic heterocycles. The number of nitrogens with zero attached hydrogens (tertiary/aromatic N) is 3. The summed E-state index contributed by atoms with van der Waals surface area (Å²) in [4.78, 5) is 15.1. The monoisotopic (exact) mass is 485 g/mol. The molecule has 4 rings (SSSR count). The number of hydrogen-bond donors (Lipinski definition) is 0. The quantitative estimate of drug-likeness (QED) is 0.512. The summed E-state index contributed by atoms with van der Waals surface area (Å²) < 4.78 is 8.50. The number of benzene rings is 2. The maximum Gasteiger partial charge on any atom is 0.270 e. The molecule has 0 saturated carbocycles. The zero-order chi connectivity index (χ0) is 21.4. The molecule has 0 unspecified atom stereocenters. The number of aromatic nitrogens is 1. The molecule has 0 aliphatic carbocycles. The molecule has 0 radical (unpaired) electrons. The minimum Gasteiger partial charge on any atom is -0.490 e. The van der Waals surface area contributed by atoms with Crippen LogP contribution in [0.5, 0.6) is 5.75 Å². The lowest BCUT2D eigenvalue weighted by Crippen LogP contribution is -2.40. The molecular formula is C23H21BrClN3O2. The number of aryl methyl sites for hydroxylation is 2. The van der Waals surface area contributed by atoms with E-state index < -0.39 is 0 Å². The molecule has 0 N–H and O–H groups in total. The Morgan fingerprint density at radius 1 is 1.23 bits per heavy atom. The van der Waals surface area contributed by atoms with Crippen molar-refractivity contribution >= 4 is 44.1 Å². The molecule has 7 heteroatoms. The van der Waals surface area contributed by atoms with Gasteiger partial charge in [0.15, 0.2) is 0 Å². The molecule has 3 aromatic rings. The van der Waals surface area contributed by atoms with Crippen LogP contribution in [0.4, 0.5) is 5.69 Å². The van der Waals surface area contributed by atoms with Gasteiger partial charge in [-0.05, 0) is 58.7 Å². The maximum atomic E-state index is 12.9. The van der Waals surface area contributed by atoms with E-state index in [0.717, 1.165) is 45.2 Å². The fraction of sp³-hybridized carbons (Fsp3) is 0.304. The van der Waals surface area contributed by atoms with Crippen LogP contribution in [0, 0.1) is 18.3 Å². The van der Waals surface area contributed by atoms with Crippen molar-refractivity contribution in [2.75, 3.05) is 18.0 Å². The van der Waals surface area contributed by atoms with Crippen molar-refractivity contribution in [3.8, 4) is 11.8 Å². The molecule has 30 heavy (non-hydrogen) atoms. The molecule has 0 spiro atoms. The van der Waals surface area contributed by atoms with E-state index in [1.54, 1.807) is 11.6 Å². The Morgan fingerprint density at radius 3 is 2.63 bits per heavy atom. The number of piperidine rings is 1. The van der Waals surface area contributed by atoms with E-state index in [2.05, 4.69) is 26.9 Å². The van der Waals surface area contributed by atoms with E-state index in [4.69, 9.17) is 16.3 Å². The first-order chi connectivity index (χ1) is 14.4. The van der Waals surface area contributed by atoms with Crippen LogP contribution in [0.15, 0.2) is 45.7 Å². The zero-order valence-electron chi connectivity index (χ0n) is 16.8. The first-order valence-electron chi connectivity index (χ1n) is 9.79. The highest BCUT2D eigenvalue weighted by atomic mass is 79.9. The van der Waals surface area contributed by atoms with E-state index in [-0.39, 0.29) is 17.2 Å². The molecule has 1 saturated heterocycles. The molecule has 1 aromatic heterocycles. The molecule has 1 aliphatic rings. The van der Waals surface area contributed by atoms with Crippen LogP contribution >= 0.6 is 27.5 Å². The SMILES string of the molecule is Cc1cc(Br)c2c(c1)c(N1CCC(Oc3cccc(Cl)c3)CC1)c(C#N)c(=O)n2C. The van der Waals surface area contributed by atoms with E-state index in [1.807, 2.05) is 43.3 Å². The largest absolute Gasteiger partial charge is 0.490 e. The summed E-state index contributed by atoms with van der Waals surface area (Å²) in [6, 6.07) is 13.6. The number of rotatable bonds is 3. The Bertz CT molecular complexity index is 1220. The average molecular weight is 487 g/mol. The van der Waals surface area contributed by atoms with Gasteiger partial charge < -0.3 is 14.2 Å². The minimum absolute atomic E-state index is 0.0662. The third-order valence-electron chi connectivity index (χ3n) is 5.52. The van der Waals surface area contributed by atoms with Gasteiger partial charge in [-0.1, -0.05) is 17.7 Å². The van der Waals surface area contributed by atoms with Crippen LogP contribution in [0.2, 0.25) is 5.02 Å². The van der Waals surface area contributed by atoms with Crippen molar-refractivity contribution < 1.29 is 4.74 Å². The molecule has 1 fully saturated rings. The predicted molar refractivity (Wildman–Crippen MR) is 124 cm³/mol. The highest BCUT2D eigenvalue weighted by molar-refractivity contribution is 9.10. The number of halogens is 2. The predicted octanol–water partition coefficient (Wildman–Crippen LogP) is 5.18. The molecular weight excluding hydrogens is 466 g/mol. The number of ether oxygens (including phenoxy) is 1. The first kappa shape index (κ1) is 20.8. The number of anilines is 1. The van der Waals surface area contributed by atoms with Crippen molar-refractivity contribution in [3.05, 3.63) is 67.4 Å². The summed E-state index contributed by atoms with van der Waals surface area (Å²) in [5.74, 6) is 0.761. The van der Waals surface area contributed by atoms with Gasteiger partial charge in [-0.15, -0.1) is 0 Å². The lowest BCUT2D eigenvalue weighted by atomic mass is 10.0. The number of nitriles is 1. The standard InChI is InChI=1S/C23H21BrClN3O2/c1-14-10-18-21(19(13-26)23(29)27(2)22(18)20(24)11-14)28-8-6-16(7-9-28)30-17-5-3-4-15(25)12-17/h3-5,10-12,16H,6-9H2,1-2H3. The van der Waals surface area contributed by atoms with Gasteiger partial charge in [-0.25, -0.2) is 0 Å². The van der Waals surface area contributed by atoms with E-state index in [9.17, 15) is 10.1 Å². The molecule has 0 bridgehead atoms. The Hall–Kier alpha value is -2.49. The second-order valence-electron chi connectivity index (χ2n) is 7.60. The summed E-state index contributed by atoms with van der Waals surface area (Å²) in [7, 11) is 1.71. The summed E-state index contributed by atoms with van der Waals surface area (Å²) in [6.45, 7) is 3.41. The Kier molecular flexibility index (Phi) is 5.77. The van der Waals surface area contributed by atoms with Crippen LogP contribution in [0.25, 0.3) is 10.9 Å². The maximum absolute atomic E-state index is 12.9. The fourth-order valence-corrected chi connectivity index (χ4v) is 5.14. The topological polar surface area (TPSA) is 58.3 Å². The zero-order valence-corrected chi connectivity index (χ0v) is 19.1. The number of hydrogen-bond acceptors (Lipinski definition) is 4. The van der Waals surface area contributed by atoms with Gasteiger partial charge in [0.25, 0.3) is 5.56 Å². The molecule has 154 valence electrons. The number of pyridine rings is 1. The van der Waals surface area contributed by atoms with Gasteiger partial charge >= 0.3 is 0 Å². The van der Waals surface area contributed by atoms with Gasteiger partial charge in [0.1, 0.15) is 23.5 Å². The number of fused-ring (bicyclic) bond motifs is 1. The molecule has 5 nitrogen and oxygen atoms in total. The molecule has 2 aromatic carbocycles. The highest BCUT2D eigenvalue weighted by Crippen LogP contribution is 2.35. The molecule has 0 amide bonds. The van der Waals surface area contributed by atoms with Gasteiger partial charge in [0, 0.05) is 47.9 Å².